The maximum absolute atomic E-state index is 6.59. The number of hydrogen-bond donors (Lipinski definition) is 2. The summed E-state index contributed by atoms with van der Waals surface area (Å²) < 4.78 is 13.2. The predicted molar refractivity (Wildman–Crippen MR) is 203 cm³/mol. The van der Waals surface area contributed by atoms with Crippen molar-refractivity contribution in [2.45, 2.75) is 58.8 Å². The number of hydrogen-bond acceptors (Lipinski definition) is 4. The van der Waals surface area contributed by atoms with Crippen LogP contribution in [0.4, 0.5) is 11.4 Å². The highest BCUT2D eigenvalue weighted by molar-refractivity contribution is 5.86. The molecule has 7 rings (SSSR count). The third-order valence-corrected chi connectivity index (χ3v) is 9.82. The second kappa shape index (κ2) is 13.2. The number of benzene rings is 6. The van der Waals surface area contributed by atoms with E-state index in [0.29, 0.717) is 0 Å². The van der Waals surface area contributed by atoms with Gasteiger partial charge in [-0.3, -0.25) is 0 Å². The van der Waals surface area contributed by atoms with Crippen LogP contribution in [0.5, 0.6) is 23.0 Å². The molecule has 0 heterocycles. The van der Waals surface area contributed by atoms with Crippen molar-refractivity contribution in [2.24, 2.45) is 0 Å². The Morgan fingerprint density at radius 1 is 0.490 bits per heavy atom. The maximum Gasteiger partial charge on any atom is 0.130 e. The van der Waals surface area contributed by atoms with Crippen LogP contribution >= 0.6 is 0 Å². The SMILES string of the molecule is CCCc1cc(N)ccc1Oc1ccc(C2(c3ccc(Oc4ccc(N)cc4CCC)c(C)c3)c3ccccc3-c3ccccc32)cc1C. The molecule has 4 nitrogen and oxygen atoms in total. The molecule has 0 unspecified atom stereocenters. The number of anilines is 2. The zero-order valence-corrected chi connectivity index (χ0v) is 28.8. The van der Waals surface area contributed by atoms with Crippen molar-refractivity contribution < 1.29 is 9.47 Å². The summed E-state index contributed by atoms with van der Waals surface area (Å²) in [7, 11) is 0. The Balaban J connectivity index is 1.36. The molecule has 0 saturated carbocycles. The van der Waals surface area contributed by atoms with E-state index in [1.54, 1.807) is 0 Å². The van der Waals surface area contributed by atoms with Gasteiger partial charge in [-0.1, -0.05) is 99.5 Å². The second-order valence-electron chi connectivity index (χ2n) is 13.2. The van der Waals surface area contributed by atoms with Crippen molar-refractivity contribution in [3.8, 4) is 34.1 Å². The second-order valence-corrected chi connectivity index (χ2v) is 13.2. The van der Waals surface area contributed by atoms with Crippen LogP contribution in [0.15, 0.2) is 121 Å². The largest absolute Gasteiger partial charge is 0.457 e. The van der Waals surface area contributed by atoms with Gasteiger partial charge in [0.1, 0.15) is 23.0 Å². The molecule has 1 aliphatic rings. The molecule has 4 heteroatoms. The minimum Gasteiger partial charge on any atom is -0.457 e. The fourth-order valence-electron chi connectivity index (χ4n) is 7.58. The molecule has 0 bridgehead atoms. The van der Waals surface area contributed by atoms with E-state index in [1.165, 1.54) is 33.4 Å². The zero-order valence-electron chi connectivity index (χ0n) is 28.8. The highest BCUT2D eigenvalue weighted by Gasteiger charge is 2.46. The molecule has 6 aromatic carbocycles. The van der Waals surface area contributed by atoms with E-state index in [4.69, 9.17) is 20.9 Å². The van der Waals surface area contributed by atoms with Crippen LogP contribution in [-0.4, -0.2) is 0 Å². The summed E-state index contributed by atoms with van der Waals surface area (Å²) >= 11 is 0. The average molecular weight is 645 g/mol. The van der Waals surface area contributed by atoms with Gasteiger partial charge >= 0.3 is 0 Å². The summed E-state index contributed by atoms with van der Waals surface area (Å²) in [6.45, 7) is 8.62. The smallest absolute Gasteiger partial charge is 0.130 e. The van der Waals surface area contributed by atoms with Crippen LogP contribution in [0.3, 0.4) is 0 Å². The molecule has 1 aliphatic carbocycles. The van der Waals surface area contributed by atoms with E-state index in [9.17, 15) is 0 Å². The monoisotopic (exact) mass is 644 g/mol. The molecule has 0 spiro atoms. The highest BCUT2D eigenvalue weighted by Crippen LogP contribution is 2.56. The lowest BCUT2D eigenvalue weighted by molar-refractivity contribution is 0.471. The first kappa shape index (κ1) is 32.1. The number of ether oxygens (including phenoxy) is 2. The molecule has 0 atom stereocenters. The Morgan fingerprint density at radius 2 is 0.898 bits per heavy atom. The molecule has 0 amide bonds. The van der Waals surface area contributed by atoms with Gasteiger partial charge in [0, 0.05) is 11.4 Å². The van der Waals surface area contributed by atoms with Crippen molar-refractivity contribution in [3.63, 3.8) is 0 Å². The van der Waals surface area contributed by atoms with Crippen LogP contribution in [0.25, 0.3) is 11.1 Å². The fraction of sp³-hybridized carbons (Fsp3) is 0.200. The molecule has 0 aromatic heterocycles. The Hall–Kier alpha value is -5.48. The average Bonchev–Trinajstić information content (AvgIpc) is 3.40. The highest BCUT2D eigenvalue weighted by atomic mass is 16.5. The minimum atomic E-state index is -0.539. The van der Waals surface area contributed by atoms with E-state index in [1.807, 2.05) is 36.4 Å². The lowest BCUT2D eigenvalue weighted by Crippen LogP contribution is -2.28. The van der Waals surface area contributed by atoms with Crippen LogP contribution in [0.1, 0.15) is 71.2 Å². The molecular weight excluding hydrogens is 601 g/mol. The first-order chi connectivity index (χ1) is 23.8. The number of nitrogens with two attached hydrogens (primary N) is 2. The standard InChI is InChI=1S/C45H44N2O2/c1-5-11-31-27-35(46)19-23-43(31)48-41-21-17-33(25-29(41)3)45(39-15-9-7-13-37(39)38-14-8-10-16-40(38)45)34-18-22-42(30(4)26-34)49-44-24-20-36(47)28-32(44)12-6-2/h7-10,13-28H,5-6,11-12,46-47H2,1-4H3. The molecule has 0 aliphatic heterocycles. The summed E-state index contributed by atoms with van der Waals surface area (Å²) in [4.78, 5) is 0. The number of rotatable bonds is 10. The number of aryl methyl sites for hydroxylation is 4. The lowest BCUT2D eigenvalue weighted by Gasteiger charge is -2.34. The maximum atomic E-state index is 6.59. The van der Waals surface area contributed by atoms with E-state index in [0.717, 1.165) is 82.3 Å². The van der Waals surface area contributed by atoms with Crippen molar-refractivity contribution in [1.82, 2.24) is 0 Å². The normalized spacial score (nSPS) is 12.7. The zero-order chi connectivity index (χ0) is 34.1. The van der Waals surface area contributed by atoms with E-state index in [2.05, 4.69) is 113 Å². The first-order valence-electron chi connectivity index (χ1n) is 17.4. The van der Waals surface area contributed by atoms with Crippen LogP contribution in [0.2, 0.25) is 0 Å². The summed E-state index contributed by atoms with van der Waals surface area (Å²) in [5.74, 6) is 3.39. The molecule has 49 heavy (non-hydrogen) atoms. The number of fused-ring (bicyclic) bond motifs is 3. The third kappa shape index (κ3) is 5.72. The minimum absolute atomic E-state index is 0.539. The van der Waals surface area contributed by atoms with Gasteiger partial charge in [-0.25, -0.2) is 0 Å². The fourth-order valence-corrected chi connectivity index (χ4v) is 7.58. The predicted octanol–water partition coefficient (Wildman–Crippen LogP) is 11.3. The lowest BCUT2D eigenvalue weighted by atomic mass is 9.67. The van der Waals surface area contributed by atoms with E-state index < -0.39 is 5.41 Å². The first-order valence-corrected chi connectivity index (χ1v) is 17.4. The summed E-state index contributed by atoms with van der Waals surface area (Å²) in [6.07, 6.45) is 3.85. The van der Waals surface area contributed by atoms with Gasteiger partial charge in [0.05, 0.1) is 5.41 Å². The topological polar surface area (TPSA) is 70.5 Å². The van der Waals surface area contributed by atoms with Gasteiger partial charge in [0.2, 0.25) is 0 Å². The van der Waals surface area contributed by atoms with E-state index in [-0.39, 0.29) is 0 Å². The van der Waals surface area contributed by atoms with Gasteiger partial charge < -0.3 is 20.9 Å². The number of nitrogen functional groups attached to an aromatic ring is 2. The summed E-state index contributed by atoms with van der Waals surface area (Å²) in [5, 5.41) is 0. The van der Waals surface area contributed by atoms with Crippen molar-refractivity contribution >= 4 is 11.4 Å². The van der Waals surface area contributed by atoms with Crippen molar-refractivity contribution in [2.75, 3.05) is 11.5 Å². The quantitative estimate of drug-likeness (QED) is 0.145. The molecule has 0 radical (unpaired) electrons. The van der Waals surface area contributed by atoms with Crippen LogP contribution < -0.4 is 20.9 Å². The molecular formula is C45H44N2O2. The Labute approximate surface area is 290 Å². The third-order valence-electron chi connectivity index (χ3n) is 9.82. The van der Waals surface area contributed by atoms with E-state index >= 15 is 0 Å². The van der Waals surface area contributed by atoms with Crippen molar-refractivity contribution in [3.05, 3.63) is 166 Å². The summed E-state index contributed by atoms with van der Waals surface area (Å²) in [6, 6.07) is 42.8. The molecule has 6 aromatic rings. The van der Waals surface area contributed by atoms with Gasteiger partial charge in [0.25, 0.3) is 0 Å². The molecule has 246 valence electrons. The Morgan fingerprint density at radius 3 is 1.31 bits per heavy atom. The Bertz CT molecular complexity index is 2010. The summed E-state index contributed by atoms with van der Waals surface area (Å²) in [5.41, 5.74) is 25.1. The molecule has 0 saturated heterocycles. The van der Waals surface area contributed by atoms with Crippen LogP contribution in [-0.2, 0) is 18.3 Å². The molecule has 0 fully saturated rings. The van der Waals surface area contributed by atoms with Gasteiger partial charge in [-0.2, -0.15) is 0 Å². The Kier molecular flexibility index (Phi) is 8.64. The van der Waals surface area contributed by atoms with Crippen molar-refractivity contribution in [1.29, 1.82) is 0 Å². The van der Waals surface area contributed by atoms with Gasteiger partial charge in [-0.05, 0) is 131 Å². The van der Waals surface area contributed by atoms with Crippen LogP contribution in [0, 0.1) is 13.8 Å². The molecule has 4 N–H and O–H groups in total. The van der Waals surface area contributed by atoms with Gasteiger partial charge in [0.15, 0.2) is 0 Å². The van der Waals surface area contributed by atoms with Gasteiger partial charge in [-0.15, -0.1) is 0 Å².